The van der Waals surface area contributed by atoms with Gasteiger partial charge in [-0.05, 0) is 25.5 Å². The molecule has 4 heterocycles. The SMILES string of the molecule is Cc1cccc(CN2CC[C@@]3(COCc4cnc(N5CCOCC5)nc43)C2)c1. The molecule has 0 radical (unpaired) electrons. The highest BCUT2D eigenvalue weighted by atomic mass is 16.5. The number of benzene rings is 1. The Bertz CT molecular complexity index is 852. The monoisotopic (exact) mass is 380 g/mol. The van der Waals surface area contributed by atoms with Gasteiger partial charge in [0.05, 0.1) is 37.5 Å². The molecule has 0 amide bonds. The van der Waals surface area contributed by atoms with Crippen molar-refractivity contribution in [1.29, 1.82) is 0 Å². The average Bonchev–Trinajstić information content (AvgIpc) is 3.12. The van der Waals surface area contributed by atoms with E-state index in [0.717, 1.165) is 70.5 Å². The molecule has 0 aliphatic carbocycles. The van der Waals surface area contributed by atoms with Gasteiger partial charge in [-0.2, -0.15) is 0 Å². The summed E-state index contributed by atoms with van der Waals surface area (Å²) in [6, 6.07) is 8.82. The maximum Gasteiger partial charge on any atom is 0.225 e. The van der Waals surface area contributed by atoms with Crippen LogP contribution in [0.25, 0.3) is 0 Å². The van der Waals surface area contributed by atoms with E-state index >= 15 is 0 Å². The van der Waals surface area contributed by atoms with Crippen molar-refractivity contribution >= 4 is 5.95 Å². The van der Waals surface area contributed by atoms with Gasteiger partial charge in [0.25, 0.3) is 0 Å². The quantitative estimate of drug-likeness (QED) is 0.814. The number of nitrogens with zero attached hydrogens (tertiary/aromatic N) is 4. The number of aryl methyl sites for hydroxylation is 1. The predicted molar refractivity (Wildman–Crippen MR) is 107 cm³/mol. The molecule has 1 aromatic heterocycles. The Morgan fingerprint density at radius 2 is 2.04 bits per heavy atom. The minimum atomic E-state index is -0.0125. The second-order valence-electron chi connectivity index (χ2n) is 8.37. The summed E-state index contributed by atoms with van der Waals surface area (Å²) in [7, 11) is 0. The van der Waals surface area contributed by atoms with Gasteiger partial charge in [-0.1, -0.05) is 29.8 Å². The van der Waals surface area contributed by atoms with E-state index in [1.165, 1.54) is 16.8 Å². The molecule has 0 N–H and O–H groups in total. The Labute approximate surface area is 166 Å². The highest BCUT2D eigenvalue weighted by Crippen LogP contribution is 2.40. The van der Waals surface area contributed by atoms with E-state index in [0.29, 0.717) is 6.61 Å². The number of fused-ring (bicyclic) bond motifs is 2. The van der Waals surface area contributed by atoms with E-state index in [-0.39, 0.29) is 5.41 Å². The standard InChI is InChI=1S/C22H28N4O2/c1-17-3-2-4-18(11-17)13-25-6-5-22(15-25)16-28-14-19-12-23-21(24-20(19)22)26-7-9-27-10-8-26/h2-4,11-12H,5-10,13-16H2,1H3/t22-/m0/s1. The van der Waals surface area contributed by atoms with Crippen molar-refractivity contribution in [2.24, 2.45) is 0 Å². The van der Waals surface area contributed by atoms with Crippen LogP contribution in [0, 0.1) is 6.92 Å². The molecular weight excluding hydrogens is 352 g/mol. The number of likely N-dealkylation sites (tertiary alicyclic amines) is 1. The molecule has 3 aliphatic heterocycles. The van der Waals surface area contributed by atoms with Crippen LogP contribution in [-0.2, 0) is 28.0 Å². The lowest BCUT2D eigenvalue weighted by molar-refractivity contribution is 0.0502. The van der Waals surface area contributed by atoms with Crippen molar-refractivity contribution in [1.82, 2.24) is 14.9 Å². The zero-order valence-corrected chi connectivity index (χ0v) is 16.6. The van der Waals surface area contributed by atoms with Crippen LogP contribution in [0.3, 0.4) is 0 Å². The molecular formula is C22H28N4O2. The third-order valence-corrected chi connectivity index (χ3v) is 6.21. The zero-order chi connectivity index (χ0) is 19.0. The number of hydrogen-bond donors (Lipinski definition) is 0. The maximum atomic E-state index is 6.00. The first-order chi connectivity index (χ1) is 13.7. The first-order valence-electron chi connectivity index (χ1n) is 10.3. The fraction of sp³-hybridized carbons (Fsp3) is 0.545. The van der Waals surface area contributed by atoms with Crippen LogP contribution in [0.1, 0.15) is 28.8 Å². The summed E-state index contributed by atoms with van der Waals surface area (Å²) in [5.74, 6) is 0.848. The Hall–Kier alpha value is -2.02. The molecule has 6 heteroatoms. The maximum absolute atomic E-state index is 6.00. The average molecular weight is 380 g/mol. The fourth-order valence-electron chi connectivity index (χ4n) is 4.78. The van der Waals surface area contributed by atoms with Crippen LogP contribution in [0.2, 0.25) is 0 Å². The normalized spacial score (nSPS) is 25.2. The van der Waals surface area contributed by atoms with Crippen LogP contribution in [0.4, 0.5) is 5.95 Å². The highest BCUT2D eigenvalue weighted by Gasteiger charge is 2.45. The second-order valence-corrected chi connectivity index (χ2v) is 8.37. The smallest absolute Gasteiger partial charge is 0.225 e. The van der Waals surface area contributed by atoms with Crippen molar-refractivity contribution in [2.45, 2.75) is 31.9 Å². The molecule has 2 fully saturated rings. The lowest BCUT2D eigenvalue weighted by Crippen LogP contribution is -2.42. The molecule has 0 saturated carbocycles. The fourth-order valence-corrected chi connectivity index (χ4v) is 4.78. The summed E-state index contributed by atoms with van der Waals surface area (Å²) in [5, 5.41) is 0. The molecule has 2 saturated heterocycles. The van der Waals surface area contributed by atoms with Crippen molar-refractivity contribution < 1.29 is 9.47 Å². The summed E-state index contributed by atoms with van der Waals surface area (Å²) in [5.41, 5.74) is 5.05. The first-order valence-corrected chi connectivity index (χ1v) is 10.3. The van der Waals surface area contributed by atoms with Gasteiger partial charge >= 0.3 is 0 Å². The molecule has 5 rings (SSSR count). The van der Waals surface area contributed by atoms with Gasteiger partial charge in [-0.3, -0.25) is 4.90 Å². The summed E-state index contributed by atoms with van der Waals surface area (Å²) in [6.45, 7) is 9.81. The molecule has 6 nitrogen and oxygen atoms in total. The molecule has 148 valence electrons. The molecule has 1 spiro atoms. The van der Waals surface area contributed by atoms with Gasteiger partial charge in [0.15, 0.2) is 0 Å². The van der Waals surface area contributed by atoms with Crippen molar-refractivity contribution in [3.63, 3.8) is 0 Å². The van der Waals surface area contributed by atoms with Gasteiger partial charge in [0.1, 0.15) is 0 Å². The Morgan fingerprint density at radius 3 is 2.89 bits per heavy atom. The Morgan fingerprint density at radius 1 is 1.14 bits per heavy atom. The van der Waals surface area contributed by atoms with Crippen LogP contribution < -0.4 is 4.90 Å². The molecule has 2 aromatic rings. The molecule has 1 aromatic carbocycles. The minimum Gasteiger partial charge on any atom is -0.378 e. The first kappa shape index (κ1) is 18.0. The Balaban J connectivity index is 1.39. The van der Waals surface area contributed by atoms with E-state index in [1.54, 1.807) is 0 Å². The lowest BCUT2D eigenvalue weighted by atomic mass is 9.80. The largest absolute Gasteiger partial charge is 0.378 e. The summed E-state index contributed by atoms with van der Waals surface area (Å²) >= 11 is 0. The Kier molecular flexibility index (Phi) is 4.78. The molecule has 28 heavy (non-hydrogen) atoms. The second kappa shape index (κ2) is 7.43. The van der Waals surface area contributed by atoms with Gasteiger partial charge in [-0.25, -0.2) is 9.97 Å². The third kappa shape index (κ3) is 3.41. The summed E-state index contributed by atoms with van der Waals surface area (Å²) < 4.78 is 11.5. The van der Waals surface area contributed by atoms with Crippen LogP contribution in [0.5, 0.6) is 0 Å². The van der Waals surface area contributed by atoms with Crippen molar-refractivity contribution in [3.8, 4) is 0 Å². The van der Waals surface area contributed by atoms with E-state index in [9.17, 15) is 0 Å². The number of aromatic nitrogens is 2. The topological polar surface area (TPSA) is 50.7 Å². The van der Waals surface area contributed by atoms with E-state index in [1.807, 2.05) is 6.20 Å². The van der Waals surface area contributed by atoms with Gasteiger partial charge in [-0.15, -0.1) is 0 Å². The predicted octanol–water partition coefficient (Wildman–Crippen LogP) is 2.30. The lowest BCUT2D eigenvalue weighted by Gasteiger charge is -2.35. The van der Waals surface area contributed by atoms with Gasteiger partial charge in [0, 0.05) is 37.9 Å². The zero-order valence-electron chi connectivity index (χ0n) is 16.6. The van der Waals surface area contributed by atoms with Crippen molar-refractivity contribution in [3.05, 3.63) is 52.8 Å². The van der Waals surface area contributed by atoms with Crippen molar-refractivity contribution in [2.75, 3.05) is 50.9 Å². The number of rotatable bonds is 3. The summed E-state index contributed by atoms with van der Waals surface area (Å²) in [4.78, 5) is 14.5. The van der Waals surface area contributed by atoms with E-state index < -0.39 is 0 Å². The molecule has 1 atom stereocenters. The van der Waals surface area contributed by atoms with Crippen LogP contribution >= 0.6 is 0 Å². The highest BCUT2D eigenvalue weighted by molar-refractivity contribution is 5.39. The third-order valence-electron chi connectivity index (χ3n) is 6.21. The van der Waals surface area contributed by atoms with E-state index in [2.05, 4.69) is 46.0 Å². The summed E-state index contributed by atoms with van der Waals surface area (Å²) in [6.07, 6.45) is 3.07. The number of morpholine rings is 1. The number of hydrogen-bond acceptors (Lipinski definition) is 6. The molecule has 0 unspecified atom stereocenters. The number of ether oxygens (including phenoxy) is 2. The number of anilines is 1. The van der Waals surface area contributed by atoms with Crippen LogP contribution in [-0.4, -0.2) is 60.9 Å². The van der Waals surface area contributed by atoms with Crippen LogP contribution in [0.15, 0.2) is 30.5 Å². The van der Waals surface area contributed by atoms with E-state index in [4.69, 9.17) is 14.5 Å². The van der Waals surface area contributed by atoms with Gasteiger partial charge in [0.2, 0.25) is 5.95 Å². The van der Waals surface area contributed by atoms with Gasteiger partial charge < -0.3 is 14.4 Å². The minimum absolute atomic E-state index is 0.0125. The molecule has 0 bridgehead atoms. The molecule has 3 aliphatic rings.